The van der Waals surface area contributed by atoms with Crippen molar-refractivity contribution in [3.8, 4) is 17.0 Å². The maximum absolute atomic E-state index is 6.28. The van der Waals surface area contributed by atoms with Crippen molar-refractivity contribution in [2.75, 3.05) is 7.11 Å². The molecule has 4 heteroatoms. The average molecular weight is 305 g/mol. The molecule has 21 heavy (non-hydrogen) atoms. The third kappa shape index (κ3) is 3.18. The van der Waals surface area contributed by atoms with E-state index in [4.69, 9.17) is 21.3 Å². The number of ether oxygens (including phenoxy) is 1. The maximum atomic E-state index is 6.28. The second-order valence-electron chi connectivity index (χ2n) is 5.29. The van der Waals surface area contributed by atoms with Gasteiger partial charge in [0.2, 0.25) is 0 Å². The number of rotatable bonds is 4. The monoisotopic (exact) mass is 304 g/mol. The van der Waals surface area contributed by atoms with E-state index in [0.717, 1.165) is 52.4 Å². The first-order chi connectivity index (χ1) is 9.97. The number of benzene rings is 1. The Kier molecular flexibility index (Phi) is 4.84. The maximum Gasteiger partial charge on any atom is 0.136 e. The molecule has 0 saturated heterocycles. The van der Waals surface area contributed by atoms with Gasteiger partial charge >= 0.3 is 0 Å². The quantitative estimate of drug-likeness (QED) is 0.769. The molecule has 0 amide bonds. The molecular formula is C17H21ClN2O. The summed E-state index contributed by atoms with van der Waals surface area (Å²) in [5.41, 5.74) is 5.14. The smallest absolute Gasteiger partial charge is 0.136 e. The topological polar surface area (TPSA) is 35.0 Å². The van der Waals surface area contributed by atoms with Gasteiger partial charge in [0, 0.05) is 17.5 Å². The van der Waals surface area contributed by atoms with Gasteiger partial charge in [0.05, 0.1) is 12.8 Å². The van der Waals surface area contributed by atoms with E-state index in [0.29, 0.717) is 5.15 Å². The lowest BCUT2D eigenvalue weighted by atomic mass is 9.99. The summed E-state index contributed by atoms with van der Waals surface area (Å²) in [6.07, 6.45) is 1.83. The summed E-state index contributed by atoms with van der Waals surface area (Å²) in [5, 5.41) is 0.538. The van der Waals surface area contributed by atoms with Crippen LogP contribution < -0.4 is 4.74 Å². The highest BCUT2D eigenvalue weighted by Gasteiger charge is 2.14. The largest absolute Gasteiger partial charge is 0.496 e. The highest BCUT2D eigenvalue weighted by Crippen LogP contribution is 2.32. The highest BCUT2D eigenvalue weighted by atomic mass is 35.5. The van der Waals surface area contributed by atoms with E-state index in [2.05, 4.69) is 24.9 Å². The summed E-state index contributed by atoms with van der Waals surface area (Å²) in [7, 11) is 1.69. The molecule has 1 aromatic heterocycles. The molecule has 0 aliphatic rings. The van der Waals surface area contributed by atoms with Crippen LogP contribution in [0.25, 0.3) is 11.3 Å². The van der Waals surface area contributed by atoms with Crippen LogP contribution in [-0.2, 0) is 6.42 Å². The first-order valence-corrected chi connectivity index (χ1v) is 7.54. The number of halogens is 1. The second-order valence-corrected chi connectivity index (χ2v) is 5.65. The lowest BCUT2D eigenvalue weighted by Crippen LogP contribution is -2.02. The molecule has 0 radical (unpaired) electrons. The first-order valence-electron chi connectivity index (χ1n) is 7.16. The molecule has 1 aromatic carbocycles. The normalized spacial score (nSPS) is 10.8. The van der Waals surface area contributed by atoms with E-state index in [1.165, 1.54) is 0 Å². The van der Waals surface area contributed by atoms with Gasteiger partial charge in [-0.1, -0.05) is 18.5 Å². The Hall–Kier alpha value is -1.61. The van der Waals surface area contributed by atoms with Crippen molar-refractivity contribution in [3.05, 3.63) is 39.8 Å². The van der Waals surface area contributed by atoms with E-state index in [1.807, 2.05) is 19.9 Å². The molecule has 0 spiro atoms. The van der Waals surface area contributed by atoms with Gasteiger partial charge in [-0.2, -0.15) is 0 Å². The lowest BCUT2D eigenvalue weighted by molar-refractivity contribution is 0.411. The number of aromatic nitrogens is 2. The van der Waals surface area contributed by atoms with Gasteiger partial charge < -0.3 is 4.74 Å². The highest BCUT2D eigenvalue weighted by molar-refractivity contribution is 6.30. The third-order valence-corrected chi connectivity index (χ3v) is 3.97. The summed E-state index contributed by atoms with van der Waals surface area (Å²) < 4.78 is 5.37. The van der Waals surface area contributed by atoms with Crippen LogP contribution in [0.2, 0.25) is 5.15 Å². The minimum atomic E-state index is 0.538. The molecule has 0 unspecified atom stereocenters. The minimum Gasteiger partial charge on any atom is -0.496 e. The molecule has 0 aliphatic carbocycles. The van der Waals surface area contributed by atoms with Gasteiger partial charge in [0.15, 0.2) is 0 Å². The van der Waals surface area contributed by atoms with Gasteiger partial charge in [-0.3, -0.25) is 0 Å². The lowest BCUT2D eigenvalue weighted by Gasteiger charge is -2.14. The van der Waals surface area contributed by atoms with Crippen molar-refractivity contribution >= 4 is 11.6 Å². The molecule has 0 N–H and O–H groups in total. The van der Waals surface area contributed by atoms with Gasteiger partial charge in [0.1, 0.15) is 16.7 Å². The Labute approximate surface area is 131 Å². The van der Waals surface area contributed by atoms with Crippen LogP contribution in [0.15, 0.2) is 12.1 Å². The van der Waals surface area contributed by atoms with Crippen molar-refractivity contribution < 1.29 is 4.74 Å². The number of aryl methyl sites for hydroxylation is 3. The molecule has 1 heterocycles. The fourth-order valence-corrected chi connectivity index (χ4v) is 2.58. The fourth-order valence-electron chi connectivity index (χ4n) is 2.40. The Balaban J connectivity index is 2.63. The van der Waals surface area contributed by atoms with Gasteiger partial charge in [-0.05, 0) is 50.5 Å². The summed E-state index contributed by atoms with van der Waals surface area (Å²) in [6.45, 7) is 8.17. The van der Waals surface area contributed by atoms with Crippen LogP contribution in [0.3, 0.4) is 0 Å². The summed E-state index contributed by atoms with van der Waals surface area (Å²) in [5.74, 6) is 1.69. The van der Waals surface area contributed by atoms with Crippen molar-refractivity contribution in [2.24, 2.45) is 0 Å². The fraction of sp³-hybridized carbons (Fsp3) is 0.412. The zero-order valence-corrected chi connectivity index (χ0v) is 14.0. The predicted molar refractivity (Wildman–Crippen MR) is 87.2 cm³/mol. The zero-order valence-electron chi connectivity index (χ0n) is 13.2. The molecule has 0 atom stereocenters. The van der Waals surface area contributed by atoms with Crippen LogP contribution in [-0.4, -0.2) is 17.1 Å². The molecule has 2 aromatic rings. The molecule has 0 bridgehead atoms. The van der Waals surface area contributed by atoms with Crippen molar-refractivity contribution in [1.82, 2.24) is 9.97 Å². The van der Waals surface area contributed by atoms with Crippen LogP contribution in [0.4, 0.5) is 0 Å². The molecule has 0 saturated carbocycles. The molecule has 3 nitrogen and oxygen atoms in total. The summed E-state index contributed by atoms with van der Waals surface area (Å²) in [6, 6.07) is 4.15. The van der Waals surface area contributed by atoms with E-state index < -0.39 is 0 Å². The van der Waals surface area contributed by atoms with E-state index in [-0.39, 0.29) is 0 Å². The predicted octanol–water partition coefficient (Wildman–Crippen LogP) is 4.68. The average Bonchev–Trinajstić information content (AvgIpc) is 2.45. The molecule has 0 aliphatic heterocycles. The van der Waals surface area contributed by atoms with Crippen molar-refractivity contribution in [3.63, 3.8) is 0 Å². The van der Waals surface area contributed by atoms with Crippen molar-refractivity contribution in [2.45, 2.75) is 40.5 Å². The standard InChI is InChI=1S/C17H21ClN2O/c1-6-7-15-19-16(12(4)17(18)20-15)13-8-11(3)14(21-5)9-10(13)2/h8-9H,6-7H2,1-5H3. The number of hydrogen-bond acceptors (Lipinski definition) is 3. The Morgan fingerprint density at radius 1 is 1.10 bits per heavy atom. The van der Waals surface area contributed by atoms with Gasteiger partial charge in [-0.25, -0.2) is 9.97 Å². The first kappa shape index (κ1) is 15.8. The summed E-state index contributed by atoms with van der Waals surface area (Å²) >= 11 is 6.28. The number of hydrogen-bond donors (Lipinski definition) is 0. The zero-order chi connectivity index (χ0) is 15.6. The molecule has 0 fully saturated rings. The van der Waals surface area contributed by atoms with Gasteiger partial charge in [-0.15, -0.1) is 0 Å². The van der Waals surface area contributed by atoms with E-state index >= 15 is 0 Å². The van der Waals surface area contributed by atoms with Crippen LogP contribution >= 0.6 is 11.6 Å². The molecule has 2 rings (SSSR count). The van der Waals surface area contributed by atoms with E-state index in [9.17, 15) is 0 Å². The van der Waals surface area contributed by atoms with Crippen LogP contribution in [0.1, 0.15) is 35.9 Å². The Morgan fingerprint density at radius 3 is 2.43 bits per heavy atom. The SMILES string of the molecule is CCCc1nc(Cl)c(C)c(-c2cc(C)c(OC)cc2C)n1. The Morgan fingerprint density at radius 2 is 1.81 bits per heavy atom. The minimum absolute atomic E-state index is 0.538. The van der Waals surface area contributed by atoms with Crippen molar-refractivity contribution in [1.29, 1.82) is 0 Å². The Bertz CT molecular complexity index is 668. The second kappa shape index (κ2) is 6.44. The number of methoxy groups -OCH3 is 1. The van der Waals surface area contributed by atoms with Crippen LogP contribution in [0, 0.1) is 20.8 Å². The van der Waals surface area contributed by atoms with Crippen LogP contribution in [0.5, 0.6) is 5.75 Å². The summed E-state index contributed by atoms with van der Waals surface area (Å²) in [4.78, 5) is 9.08. The van der Waals surface area contributed by atoms with Gasteiger partial charge in [0.25, 0.3) is 0 Å². The number of nitrogens with zero attached hydrogens (tertiary/aromatic N) is 2. The molecular weight excluding hydrogens is 284 g/mol. The third-order valence-electron chi connectivity index (χ3n) is 3.60. The molecule has 112 valence electrons. The van der Waals surface area contributed by atoms with E-state index in [1.54, 1.807) is 7.11 Å².